The maximum absolute atomic E-state index is 14.1. The Kier molecular flexibility index (Phi) is 8.92. The molecule has 1 unspecified atom stereocenters. The predicted octanol–water partition coefficient (Wildman–Crippen LogP) is 7.52. The lowest BCUT2D eigenvalue weighted by atomic mass is 9.92. The smallest absolute Gasteiger partial charge is 0.416 e. The van der Waals surface area contributed by atoms with Crippen LogP contribution in [0.25, 0.3) is 16.5 Å². The number of benzene rings is 2. The van der Waals surface area contributed by atoms with Crippen LogP contribution in [0, 0.1) is 0 Å². The van der Waals surface area contributed by atoms with E-state index in [0.717, 1.165) is 17.8 Å². The molecule has 0 bridgehead atoms. The van der Waals surface area contributed by atoms with Crippen molar-refractivity contribution >= 4 is 45.4 Å². The molecule has 1 N–H and O–H groups in total. The number of aromatic nitrogens is 2. The summed E-state index contributed by atoms with van der Waals surface area (Å²) in [5.74, 6) is -0.676. The number of amides is 2. The number of carbonyl (C=O) groups excluding carboxylic acids is 2. The number of hydrogen-bond acceptors (Lipinski definition) is 6. The van der Waals surface area contributed by atoms with Gasteiger partial charge in [-0.25, -0.2) is 4.79 Å². The fraction of sp³-hybridized carbons (Fsp3) is 0.419. The minimum atomic E-state index is -5.08. The molecule has 5 rings (SSSR count). The minimum absolute atomic E-state index is 0.0634. The molecule has 8 nitrogen and oxygen atoms in total. The molecule has 3 aromatic rings. The van der Waals surface area contributed by atoms with Crippen LogP contribution in [-0.4, -0.2) is 68.4 Å². The van der Waals surface area contributed by atoms with E-state index in [1.165, 1.54) is 6.20 Å². The van der Waals surface area contributed by atoms with Gasteiger partial charge in [0, 0.05) is 25.0 Å². The number of rotatable bonds is 4. The standard InChI is InChI=1S/C31H31F6N5O3S/c1-5-21-16-41(10-11-42(21)28(44)45-29(2,3)4)27-39-26(43)25(46-27)22(17-7-9-24-19(12-17)15-38-40-24)13-18-6-8-20(30(32,33)34)14-23(18)31(35,36)37/h6-9,12,14-15,21H,5,10-11,13,16H2,1-4H3,(H,38,40). The van der Waals surface area contributed by atoms with E-state index in [1.807, 2.05) is 11.8 Å². The van der Waals surface area contributed by atoms with Crippen molar-refractivity contribution < 1.29 is 40.7 Å². The van der Waals surface area contributed by atoms with E-state index in [-0.39, 0.29) is 22.6 Å². The third kappa shape index (κ3) is 7.18. The average molecular weight is 668 g/mol. The summed E-state index contributed by atoms with van der Waals surface area (Å²) in [6.07, 6.45) is -8.90. The predicted molar refractivity (Wildman–Crippen MR) is 162 cm³/mol. The monoisotopic (exact) mass is 667 g/mol. The number of amidine groups is 1. The summed E-state index contributed by atoms with van der Waals surface area (Å²) in [7, 11) is 0. The Bertz CT molecular complexity index is 1720. The number of halogens is 6. The van der Waals surface area contributed by atoms with Gasteiger partial charge >= 0.3 is 18.4 Å². The first kappa shape index (κ1) is 33.4. The third-order valence-corrected chi connectivity index (χ3v) is 8.77. The van der Waals surface area contributed by atoms with Crippen LogP contribution in [0.4, 0.5) is 31.1 Å². The van der Waals surface area contributed by atoms with Crippen molar-refractivity contribution in [2.24, 2.45) is 4.99 Å². The molecule has 0 aliphatic carbocycles. The van der Waals surface area contributed by atoms with E-state index >= 15 is 0 Å². The Morgan fingerprint density at radius 3 is 2.43 bits per heavy atom. The first-order valence-corrected chi connectivity index (χ1v) is 15.3. The number of hydrogen-bond donors (Lipinski definition) is 1. The van der Waals surface area contributed by atoms with Crippen LogP contribution in [0.15, 0.2) is 52.5 Å². The van der Waals surface area contributed by atoms with Crippen LogP contribution in [-0.2, 0) is 28.3 Å². The van der Waals surface area contributed by atoms with Gasteiger partial charge in [0.1, 0.15) is 5.60 Å². The van der Waals surface area contributed by atoms with Crippen LogP contribution in [0.2, 0.25) is 0 Å². The molecule has 2 aromatic carbocycles. The average Bonchev–Trinajstić information content (AvgIpc) is 3.59. The molecule has 0 radical (unpaired) electrons. The van der Waals surface area contributed by atoms with E-state index in [0.29, 0.717) is 53.8 Å². The highest BCUT2D eigenvalue weighted by Crippen LogP contribution is 2.42. The van der Waals surface area contributed by atoms with Gasteiger partial charge in [0.25, 0.3) is 5.91 Å². The van der Waals surface area contributed by atoms with Gasteiger partial charge in [-0.2, -0.15) is 36.4 Å². The number of piperazine rings is 1. The molecular formula is C31H31F6N5O3S. The third-order valence-electron chi connectivity index (χ3n) is 7.61. The normalized spacial score (nSPS) is 19.1. The maximum Gasteiger partial charge on any atom is 0.416 e. The minimum Gasteiger partial charge on any atom is -0.444 e. The van der Waals surface area contributed by atoms with E-state index < -0.39 is 53.1 Å². The molecule has 0 spiro atoms. The highest BCUT2D eigenvalue weighted by Gasteiger charge is 2.40. The number of alkyl halides is 6. The molecule has 1 saturated heterocycles. The van der Waals surface area contributed by atoms with Gasteiger partial charge in [0.05, 0.1) is 33.8 Å². The van der Waals surface area contributed by atoms with Crippen molar-refractivity contribution in [2.45, 2.75) is 64.5 Å². The summed E-state index contributed by atoms with van der Waals surface area (Å²) < 4.78 is 88.0. The number of aromatic amines is 1. The van der Waals surface area contributed by atoms with Crippen molar-refractivity contribution in [1.29, 1.82) is 0 Å². The fourth-order valence-corrected chi connectivity index (χ4v) is 6.42. The second-order valence-electron chi connectivity index (χ2n) is 12.0. The number of thioether (sulfide) groups is 1. The van der Waals surface area contributed by atoms with Gasteiger partial charge in [0.2, 0.25) is 0 Å². The Balaban J connectivity index is 1.50. The SMILES string of the molecule is CCC1CN(C2=NC(=O)C(=C(Cc3ccc(C(F)(F)F)cc3C(F)(F)F)c3ccc4[nH]ncc4c3)S2)CCN1C(=O)OC(C)(C)C. The molecule has 2 aliphatic rings. The van der Waals surface area contributed by atoms with Crippen molar-refractivity contribution in [3.05, 3.63) is 69.8 Å². The summed E-state index contributed by atoms with van der Waals surface area (Å²) in [5, 5.41) is 7.71. The van der Waals surface area contributed by atoms with Gasteiger partial charge < -0.3 is 14.5 Å². The summed E-state index contributed by atoms with van der Waals surface area (Å²) in [4.78, 5) is 34.0. The number of ether oxygens (including phenoxy) is 1. The van der Waals surface area contributed by atoms with Crippen molar-refractivity contribution in [3.8, 4) is 0 Å². The van der Waals surface area contributed by atoms with Crippen LogP contribution in [0.5, 0.6) is 0 Å². The summed E-state index contributed by atoms with van der Waals surface area (Å²) in [5.41, 5.74) is -2.74. The quantitative estimate of drug-likeness (QED) is 0.229. The zero-order chi connectivity index (χ0) is 33.6. The second kappa shape index (κ2) is 12.3. The molecule has 15 heteroatoms. The summed E-state index contributed by atoms with van der Waals surface area (Å²) >= 11 is 0.994. The highest BCUT2D eigenvalue weighted by atomic mass is 32.2. The number of allylic oxidation sites excluding steroid dienone is 1. The van der Waals surface area contributed by atoms with Crippen LogP contribution < -0.4 is 0 Å². The summed E-state index contributed by atoms with van der Waals surface area (Å²) in [6, 6.07) is 6.17. The number of nitrogens with zero attached hydrogens (tertiary/aromatic N) is 4. The van der Waals surface area contributed by atoms with E-state index in [2.05, 4.69) is 15.2 Å². The Morgan fingerprint density at radius 2 is 1.78 bits per heavy atom. The highest BCUT2D eigenvalue weighted by molar-refractivity contribution is 8.18. The number of carbonyl (C=O) groups is 2. The first-order valence-electron chi connectivity index (χ1n) is 14.4. The van der Waals surface area contributed by atoms with Crippen molar-refractivity contribution in [3.63, 3.8) is 0 Å². The van der Waals surface area contributed by atoms with Gasteiger partial charge in [-0.15, -0.1) is 0 Å². The number of fused-ring (bicyclic) bond motifs is 1. The molecule has 46 heavy (non-hydrogen) atoms. The molecule has 1 atom stereocenters. The molecule has 3 heterocycles. The number of H-pyrrole nitrogens is 1. The second-order valence-corrected chi connectivity index (χ2v) is 13.0. The van der Waals surface area contributed by atoms with Crippen molar-refractivity contribution in [2.75, 3.05) is 19.6 Å². The molecule has 2 aliphatic heterocycles. The molecular weight excluding hydrogens is 636 g/mol. The van der Waals surface area contributed by atoms with Gasteiger partial charge in [0.15, 0.2) is 5.17 Å². The lowest BCUT2D eigenvalue weighted by Crippen LogP contribution is -2.56. The van der Waals surface area contributed by atoms with Crippen molar-refractivity contribution in [1.82, 2.24) is 20.0 Å². The Labute approximate surface area is 264 Å². The maximum atomic E-state index is 14.1. The number of nitrogens with one attached hydrogen (secondary N) is 1. The molecule has 1 aromatic heterocycles. The zero-order valence-electron chi connectivity index (χ0n) is 25.3. The topological polar surface area (TPSA) is 90.9 Å². The molecule has 2 amide bonds. The summed E-state index contributed by atoms with van der Waals surface area (Å²) in [6.45, 7) is 8.20. The first-order chi connectivity index (χ1) is 21.4. The van der Waals surface area contributed by atoms with Crippen LogP contribution in [0.3, 0.4) is 0 Å². The fourth-order valence-electron chi connectivity index (χ4n) is 5.37. The van der Waals surface area contributed by atoms with E-state index in [1.54, 1.807) is 43.9 Å². The molecule has 0 saturated carbocycles. The lowest BCUT2D eigenvalue weighted by Gasteiger charge is -2.41. The largest absolute Gasteiger partial charge is 0.444 e. The van der Waals surface area contributed by atoms with Gasteiger partial charge in [-0.3, -0.25) is 9.89 Å². The molecule has 246 valence electrons. The lowest BCUT2D eigenvalue weighted by molar-refractivity contribution is -0.143. The van der Waals surface area contributed by atoms with Gasteiger partial charge in [-0.1, -0.05) is 19.1 Å². The van der Waals surface area contributed by atoms with E-state index in [4.69, 9.17) is 4.74 Å². The number of aliphatic imine (C=N–C) groups is 1. The Hall–Kier alpha value is -4.01. The van der Waals surface area contributed by atoms with Crippen LogP contribution >= 0.6 is 11.8 Å². The van der Waals surface area contributed by atoms with E-state index in [9.17, 15) is 35.9 Å². The van der Waals surface area contributed by atoms with Gasteiger partial charge in [-0.05, 0) is 86.3 Å². The molecule has 1 fully saturated rings. The zero-order valence-corrected chi connectivity index (χ0v) is 26.2. The van der Waals surface area contributed by atoms with Crippen LogP contribution in [0.1, 0.15) is 56.4 Å². The Morgan fingerprint density at radius 1 is 1.04 bits per heavy atom.